The highest BCUT2D eigenvalue weighted by molar-refractivity contribution is 7.86. The highest BCUT2D eigenvalue weighted by atomic mass is 32.2. The van der Waals surface area contributed by atoms with Gasteiger partial charge in [0.15, 0.2) is 16.9 Å². The summed E-state index contributed by atoms with van der Waals surface area (Å²) in [6.45, 7) is 11.9. The van der Waals surface area contributed by atoms with Gasteiger partial charge in [0.05, 0.1) is 12.1 Å². The van der Waals surface area contributed by atoms with E-state index in [4.69, 9.17) is 0 Å². The van der Waals surface area contributed by atoms with E-state index in [1.54, 1.807) is 6.08 Å². The number of aliphatic hydroxyl groups is 1. The molecule has 6 rings (SSSR count). The standard InChI is InChI=1S/C33H43N5O6S/c1-6-18-14(2)22(35-32(18)44)11-21-15(3)19(7-9-26(39)40)23(34-21)12-24-20(8-10-27(41)42)17(5)33(37-24)30(38-33)29-28(25-13-45-25)16(4)31(43)36-29/h6,12,14,16,22,25,28-30,34-35,37-38,44H,1,7-11,13H2,2-5H3,(H,36,43)(H,39,40)(H,41,42)/p+1/b24-12-/t14?,16-,22-,25+,28+,29?,30+,33-/m1/s1. The quantitative estimate of drug-likeness (QED) is 0.0965. The molecule has 242 valence electrons. The molecule has 0 bridgehead atoms. The number of H-pyrrole nitrogens is 1. The minimum atomic E-state index is -0.884. The fourth-order valence-corrected chi connectivity index (χ4v) is 8.92. The van der Waals surface area contributed by atoms with E-state index in [0.29, 0.717) is 24.5 Å². The minimum Gasteiger partial charge on any atom is -0.495 e. The number of nitrogens with one attached hydrogen (secondary N) is 5. The van der Waals surface area contributed by atoms with Crippen molar-refractivity contribution in [2.45, 2.75) is 88.8 Å². The summed E-state index contributed by atoms with van der Waals surface area (Å²) in [5, 5.41) is 43.8. The maximum Gasteiger partial charge on any atom is 0.303 e. The van der Waals surface area contributed by atoms with Crippen LogP contribution < -0.4 is 21.3 Å². The molecule has 0 aliphatic carbocycles. The van der Waals surface area contributed by atoms with Gasteiger partial charge in [0.2, 0.25) is 5.91 Å². The Kier molecular flexibility index (Phi) is 8.09. The van der Waals surface area contributed by atoms with Gasteiger partial charge in [0, 0.05) is 65.7 Å². The Labute approximate surface area is 267 Å². The molecule has 8 N–H and O–H groups in total. The number of allylic oxidation sites excluding steroid dienone is 2. The van der Waals surface area contributed by atoms with E-state index in [1.807, 2.05) is 33.8 Å². The summed E-state index contributed by atoms with van der Waals surface area (Å²) in [4.78, 5) is 39.6. The number of hydrogen-bond acceptors (Lipinski definition) is 7. The van der Waals surface area contributed by atoms with Gasteiger partial charge in [-0.05, 0) is 66.8 Å². The van der Waals surface area contributed by atoms with E-state index in [2.05, 4.69) is 32.8 Å². The molecule has 0 radical (unpaired) electrons. The lowest BCUT2D eigenvalue weighted by Gasteiger charge is -2.20. The number of rotatable bonds is 12. The number of carbonyl (C=O) groups is 3. The van der Waals surface area contributed by atoms with Gasteiger partial charge in [0.1, 0.15) is 5.66 Å². The maximum absolute atomic E-state index is 12.7. The number of aromatic amines is 1. The van der Waals surface area contributed by atoms with Crippen LogP contribution in [0, 0.1) is 24.7 Å². The monoisotopic (exact) mass is 638 g/mol. The van der Waals surface area contributed by atoms with Crippen LogP contribution in [-0.4, -0.2) is 72.9 Å². The van der Waals surface area contributed by atoms with Gasteiger partial charge in [-0.25, -0.2) is 0 Å². The van der Waals surface area contributed by atoms with Crippen LogP contribution in [0.2, 0.25) is 0 Å². The molecule has 5 aliphatic heterocycles. The molecule has 1 amide bonds. The maximum atomic E-state index is 12.7. The molecule has 45 heavy (non-hydrogen) atoms. The predicted octanol–water partition coefficient (Wildman–Crippen LogP) is 2.19. The summed E-state index contributed by atoms with van der Waals surface area (Å²) in [7, 11) is 0. The predicted molar refractivity (Wildman–Crippen MR) is 173 cm³/mol. The van der Waals surface area contributed by atoms with Gasteiger partial charge in [0.25, 0.3) is 0 Å². The summed E-state index contributed by atoms with van der Waals surface area (Å²) in [6.07, 6.45) is 4.86. The first-order chi connectivity index (χ1) is 21.4. The number of aromatic nitrogens is 1. The third kappa shape index (κ3) is 5.56. The van der Waals surface area contributed by atoms with E-state index < -0.39 is 17.6 Å². The topological polar surface area (TPSA) is 186 Å². The summed E-state index contributed by atoms with van der Waals surface area (Å²) in [5.74, 6) is -0.189. The molecule has 0 aromatic carbocycles. The third-order valence-corrected chi connectivity index (χ3v) is 11.8. The Hall–Kier alpha value is -3.64. The fraction of sp³-hybridized carbons (Fsp3) is 0.545. The average molecular weight is 639 g/mol. The first-order valence-corrected chi connectivity index (χ1v) is 16.9. The lowest BCUT2D eigenvalue weighted by Crippen LogP contribution is -2.43. The second-order valence-corrected chi connectivity index (χ2v) is 14.6. The SMILES string of the molecule is C=CC1=C(O)N[C@H](Cc2[nH]c(/C=C3\N[C@@]4(N[C@H]4C4NC(=O)[C@H](C)[C@H]4[C@@H]4C[SH+]4)C(C)=C3CCC(=O)O)c(CCC(=O)O)c2C)C1C. The van der Waals surface area contributed by atoms with E-state index in [-0.39, 0.29) is 60.5 Å². The lowest BCUT2D eigenvalue weighted by atomic mass is 9.85. The minimum absolute atomic E-state index is 0.0214. The van der Waals surface area contributed by atoms with E-state index in [9.17, 15) is 29.7 Å². The number of carboxylic acid groups (broad SMARTS) is 2. The van der Waals surface area contributed by atoms with Gasteiger partial charge < -0.3 is 36.3 Å². The third-order valence-electron chi connectivity index (χ3n) is 10.7. The van der Waals surface area contributed by atoms with Crippen molar-refractivity contribution in [3.63, 3.8) is 0 Å². The van der Waals surface area contributed by atoms with Gasteiger partial charge >= 0.3 is 11.9 Å². The van der Waals surface area contributed by atoms with Crippen LogP contribution in [0.3, 0.4) is 0 Å². The molecule has 11 nitrogen and oxygen atoms in total. The number of thiol groups is 1. The van der Waals surface area contributed by atoms with E-state index in [1.165, 1.54) is 11.8 Å². The molecule has 3 saturated heterocycles. The Morgan fingerprint density at radius 3 is 2.40 bits per heavy atom. The van der Waals surface area contributed by atoms with Crippen molar-refractivity contribution in [2.75, 3.05) is 5.75 Å². The highest BCUT2D eigenvalue weighted by Gasteiger charge is 2.68. The first kappa shape index (κ1) is 31.3. The number of hydrogen-bond donors (Lipinski definition) is 8. The van der Waals surface area contributed by atoms with Crippen LogP contribution in [0.1, 0.15) is 62.5 Å². The Bertz CT molecular complexity index is 1560. The highest BCUT2D eigenvalue weighted by Crippen LogP contribution is 2.49. The van der Waals surface area contributed by atoms with Gasteiger partial charge in [-0.2, -0.15) is 0 Å². The van der Waals surface area contributed by atoms with Crippen molar-refractivity contribution in [1.82, 2.24) is 26.3 Å². The van der Waals surface area contributed by atoms with Crippen LogP contribution in [-0.2, 0) is 39.0 Å². The Balaban J connectivity index is 1.33. The van der Waals surface area contributed by atoms with Crippen LogP contribution >= 0.6 is 0 Å². The zero-order valence-corrected chi connectivity index (χ0v) is 27.1. The number of carbonyl (C=O) groups excluding carboxylic acids is 1. The number of aliphatic hydroxyl groups excluding tert-OH is 1. The van der Waals surface area contributed by atoms with Crippen LogP contribution in [0.5, 0.6) is 0 Å². The molecule has 1 spiro atoms. The van der Waals surface area contributed by atoms with Crippen molar-refractivity contribution in [1.29, 1.82) is 0 Å². The molecular formula is C33H44N5O6S+. The molecule has 5 aliphatic rings. The molecule has 3 fully saturated rings. The number of amides is 1. The van der Waals surface area contributed by atoms with Crippen LogP contribution in [0.25, 0.3) is 6.08 Å². The average Bonchev–Trinajstić information content (AvgIpc) is 3.85. The van der Waals surface area contributed by atoms with Crippen LogP contribution in [0.15, 0.2) is 41.0 Å². The molecular weight excluding hydrogens is 594 g/mol. The van der Waals surface area contributed by atoms with Crippen molar-refractivity contribution in [3.8, 4) is 0 Å². The fourth-order valence-electron chi connectivity index (χ4n) is 7.87. The molecule has 0 saturated carbocycles. The molecule has 2 unspecified atom stereocenters. The largest absolute Gasteiger partial charge is 0.495 e. The van der Waals surface area contributed by atoms with Crippen molar-refractivity contribution in [2.24, 2.45) is 17.8 Å². The summed E-state index contributed by atoms with van der Waals surface area (Å²) < 4.78 is 0. The van der Waals surface area contributed by atoms with Crippen molar-refractivity contribution >= 4 is 35.7 Å². The molecule has 8 atom stereocenters. The number of aliphatic carboxylic acids is 2. The normalized spacial score (nSPS) is 34.4. The van der Waals surface area contributed by atoms with Gasteiger partial charge in [-0.1, -0.05) is 26.5 Å². The molecule has 12 heteroatoms. The zero-order chi connectivity index (χ0) is 32.4. The Morgan fingerprint density at radius 2 is 1.78 bits per heavy atom. The van der Waals surface area contributed by atoms with Crippen molar-refractivity contribution in [3.05, 3.63) is 63.5 Å². The molecule has 1 aromatic rings. The molecule has 6 heterocycles. The summed E-state index contributed by atoms with van der Waals surface area (Å²) in [6, 6.07) is -0.116. The first-order valence-electron chi connectivity index (χ1n) is 15.8. The second-order valence-electron chi connectivity index (χ2n) is 13.2. The zero-order valence-electron chi connectivity index (χ0n) is 26.2. The van der Waals surface area contributed by atoms with Gasteiger partial charge in [-0.3, -0.25) is 19.7 Å². The second kappa shape index (κ2) is 11.6. The van der Waals surface area contributed by atoms with E-state index >= 15 is 0 Å². The number of carboxylic acids is 2. The van der Waals surface area contributed by atoms with E-state index in [0.717, 1.165) is 50.7 Å². The van der Waals surface area contributed by atoms with Crippen LogP contribution in [0.4, 0.5) is 0 Å². The van der Waals surface area contributed by atoms with Gasteiger partial charge in [-0.15, -0.1) is 0 Å². The smallest absolute Gasteiger partial charge is 0.303 e. The summed E-state index contributed by atoms with van der Waals surface area (Å²) in [5.41, 5.74) is 6.53. The summed E-state index contributed by atoms with van der Waals surface area (Å²) >= 11 is 1.39. The lowest BCUT2D eigenvalue weighted by molar-refractivity contribution is -0.138. The Morgan fingerprint density at radius 1 is 1.09 bits per heavy atom. The van der Waals surface area contributed by atoms with Crippen molar-refractivity contribution < 1.29 is 29.7 Å². The molecule has 1 aromatic heterocycles.